The highest BCUT2D eigenvalue weighted by molar-refractivity contribution is 5.75. The highest BCUT2D eigenvalue weighted by Crippen LogP contribution is 2.34. The molecule has 0 saturated carbocycles. The Bertz CT molecular complexity index is 419. The Hall–Kier alpha value is -1.72. The van der Waals surface area contributed by atoms with E-state index in [4.69, 9.17) is 4.74 Å². The molecule has 0 heterocycles. The van der Waals surface area contributed by atoms with Crippen molar-refractivity contribution in [2.24, 2.45) is 0 Å². The van der Waals surface area contributed by atoms with Gasteiger partial charge in [-0.05, 0) is 18.6 Å². The zero-order chi connectivity index (χ0) is 14.3. The van der Waals surface area contributed by atoms with Crippen LogP contribution in [0.3, 0.4) is 0 Å². The van der Waals surface area contributed by atoms with E-state index < -0.39 is 17.7 Å². The van der Waals surface area contributed by atoms with Gasteiger partial charge in [0.05, 0.1) is 12.2 Å². The third-order valence-electron chi connectivity index (χ3n) is 2.42. The zero-order valence-electron chi connectivity index (χ0n) is 10.6. The predicted molar refractivity (Wildman–Crippen MR) is 65.8 cm³/mol. The highest BCUT2D eigenvalue weighted by Gasteiger charge is 2.33. The van der Waals surface area contributed by atoms with E-state index in [0.29, 0.717) is 0 Å². The minimum Gasteiger partial charge on any atom is -0.464 e. The first-order chi connectivity index (χ1) is 8.95. The van der Waals surface area contributed by atoms with Crippen LogP contribution in [0.2, 0.25) is 0 Å². The minimum atomic E-state index is -4.45. The van der Waals surface area contributed by atoms with Crippen molar-refractivity contribution in [3.05, 3.63) is 29.8 Å². The van der Waals surface area contributed by atoms with Crippen molar-refractivity contribution in [2.75, 3.05) is 18.5 Å². The van der Waals surface area contributed by atoms with Gasteiger partial charge in [-0.3, -0.25) is 4.79 Å². The summed E-state index contributed by atoms with van der Waals surface area (Å²) in [6.45, 7) is 1.96. The van der Waals surface area contributed by atoms with Crippen molar-refractivity contribution >= 4 is 11.7 Å². The first-order valence-electron chi connectivity index (χ1n) is 6.01. The molecule has 6 heteroatoms. The van der Waals surface area contributed by atoms with E-state index in [-0.39, 0.29) is 18.8 Å². The fraction of sp³-hybridized carbons (Fsp3) is 0.462. The van der Waals surface area contributed by atoms with E-state index in [1.54, 1.807) is 0 Å². The number of esters is 1. The molecule has 0 bridgehead atoms. The number of para-hydroxylation sites is 1. The molecule has 0 aliphatic heterocycles. The van der Waals surface area contributed by atoms with Crippen LogP contribution in [0.25, 0.3) is 0 Å². The lowest BCUT2D eigenvalue weighted by Gasteiger charge is -2.13. The third-order valence-corrected chi connectivity index (χ3v) is 2.42. The second-order valence-electron chi connectivity index (χ2n) is 3.97. The Kier molecular flexibility index (Phi) is 5.66. The number of halogens is 3. The number of hydrogen-bond acceptors (Lipinski definition) is 3. The quantitative estimate of drug-likeness (QED) is 0.638. The Morgan fingerprint density at radius 3 is 2.63 bits per heavy atom. The van der Waals surface area contributed by atoms with E-state index in [9.17, 15) is 18.0 Å². The summed E-state index contributed by atoms with van der Waals surface area (Å²) >= 11 is 0. The lowest BCUT2D eigenvalue weighted by molar-refractivity contribution is -0.142. The largest absolute Gasteiger partial charge is 0.464 e. The van der Waals surface area contributed by atoms with Gasteiger partial charge in [0.25, 0.3) is 0 Å². The molecular weight excluding hydrogens is 259 g/mol. The molecule has 0 radical (unpaired) electrons. The van der Waals surface area contributed by atoms with E-state index in [1.807, 2.05) is 6.92 Å². The maximum atomic E-state index is 12.7. The van der Waals surface area contributed by atoms with Crippen molar-refractivity contribution in [3.8, 4) is 0 Å². The van der Waals surface area contributed by atoms with Gasteiger partial charge in [-0.2, -0.15) is 13.2 Å². The monoisotopic (exact) mass is 275 g/mol. The maximum Gasteiger partial charge on any atom is 0.418 e. The Balaban J connectivity index is 2.56. The van der Waals surface area contributed by atoms with Crippen molar-refractivity contribution < 1.29 is 22.7 Å². The van der Waals surface area contributed by atoms with Crippen LogP contribution in [-0.4, -0.2) is 19.1 Å². The summed E-state index contributed by atoms with van der Waals surface area (Å²) in [5.41, 5.74) is -0.918. The summed E-state index contributed by atoms with van der Waals surface area (Å²) in [6.07, 6.45) is -2.82. The van der Waals surface area contributed by atoms with Crippen molar-refractivity contribution in [2.45, 2.75) is 25.9 Å². The van der Waals surface area contributed by atoms with Gasteiger partial charge in [-0.15, -0.1) is 0 Å². The van der Waals surface area contributed by atoms with Gasteiger partial charge in [-0.1, -0.05) is 25.5 Å². The number of rotatable bonds is 6. The van der Waals surface area contributed by atoms with Gasteiger partial charge in [0.15, 0.2) is 0 Å². The molecule has 106 valence electrons. The summed E-state index contributed by atoms with van der Waals surface area (Å²) in [6, 6.07) is 5.01. The minimum absolute atomic E-state index is 0.123. The molecule has 1 rings (SSSR count). The van der Waals surface area contributed by atoms with Gasteiger partial charge >= 0.3 is 12.1 Å². The first kappa shape index (κ1) is 15.3. The number of hydrogen-bond donors (Lipinski definition) is 1. The number of unbranched alkanes of at least 4 members (excludes halogenated alkanes) is 1. The van der Waals surface area contributed by atoms with Crippen molar-refractivity contribution in [1.29, 1.82) is 0 Å². The number of ether oxygens (including phenoxy) is 1. The Labute approximate surface area is 109 Å². The van der Waals surface area contributed by atoms with Crippen LogP contribution in [-0.2, 0) is 15.7 Å². The van der Waals surface area contributed by atoms with E-state index in [2.05, 4.69) is 5.32 Å². The predicted octanol–water partition coefficient (Wildman–Crippen LogP) is 3.46. The van der Waals surface area contributed by atoms with Crippen molar-refractivity contribution in [3.63, 3.8) is 0 Å². The molecule has 0 amide bonds. The van der Waals surface area contributed by atoms with Gasteiger partial charge in [0.1, 0.15) is 6.54 Å². The molecular formula is C13H16F3NO2. The topological polar surface area (TPSA) is 38.3 Å². The van der Waals surface area contributed by atoms with Crippen LogP contribution in [0, 0.1) is 0 Å². The molecule has 0 unspecified atom stereocenters. The van der Waals surface area contributed by atoms with Crippen LogP contribution in [0.5, 0.6) is 0 Å². The van der Waals surface area contributed by atoms with E-state index >= 15 is 0 Å². The van der Waals surface area contributed by atoms with Gasteiger partial charge in [0.2, 0.25) is 0 Å². The molecule has 0 saturated heterocycles. The summed E-state index contributed by atoms with van der Waals surface area (Å²) in [5, 5.41) is 2.45. The lowest BCUT2D eigenvalue weighted by Crippen LogP contribution is -2.19. The third kappa shape index (κ3) is 5.19. The summed E-state index contributed by atoms with van der Waals surface area (Å²) < 4.78 is 42.8. The van der Waals surface area contributed by atoms with Crippen LogP contribution in [0.15, 0.2) is 24.3 Å². The second kappa shape index (κ2) is 7.01. The molecule has 1 aromatic carbocycles. The average Bonchev–Trinajstić information content (AvgIpc) is 2.36. The molecule has 1 N–H and O–H groups in total. The number of alkyl halides is 3. The normalized spacial score (nSPS) is 11.2. The maximum absolute atomic E-state index is 12.7. The molecule has 3 nitrogen and oxygen atoms in total. The number of carbonyl (C=O) groups is 1. The average molecular weight is 275 g/mol. The number of benzene rings is 1. The fourth-order valence-electron chi connectivity index (χ4n) is 1.43. The van der Waals surface area contributed by atoms with Gasteiger partial charge in [-0.25, -0.2) is 0 Å². The summed E-state index contributed by atoms with van der Waals surface area (Å²) in [4.78, 5) is 11.3. The first-order valence-corrected chi connectivity index (χ1v) is 6.01. The molecule has 0 atom stereocenters. The van der Waals surface area contributed by atoms with Crippen LogP contribution in [0.1, 0.15) is 25.3 Å². The fourth-order valence-corrected chi connectivity index (χ4v) is 1.43. The van der Waals surface area contributed by atoms with Crippen LogP contribution in [0.4, 0.5) is 18.9 Å². The van der Waals surface area contributed by atoms with Gasteiger partial charge < -0.3 is 10.1 Å². The SMILES string of the molecule is CCCCOC(=O)CNc1ccccc1C(F)(F)F. The zero-order valence-corrected chi connectivity index (χ0v) is 10.6. The molecule has 0 aliphatic carbocycles. The molecule has 0 fully saturated rings. The molecule has 0 aliphatic rings. The summed E-state index contributed by atoms with van der Waals surface area (Å²) in [7, 11) is 0. The van der Waals surface area contributed by atoms with Crippen LogP contribution >= 0.6 is 0 Å². The lowest BCUT2D eigenvalue weighted by atomic mass is 10.1. The molecule has 0 aromatic heterocycles. The van der Waals surface area contributed by atoms with Gasteiger partial charge in [0, 0.05) is 5.69 Å². The summed E-state index contributed by atoms with van der Waals surface area (Å²) in [5.74, 6) is -0.564. The van der Waals surface area contributed by atoms with Crippen molar-refractivity contribution in [1.82, 2.24) is 0 Å². The van der Waals surface area contributed by atoms with Crippen LogP contribution < -0.4 is 5.32 Å². The van der Waals surface area contributed by atoms with E-state index in [0.717, 1.165) is 18.9 Å². The Morgan fingerprint density at radius 1 is 1.32 bits per heavy atom. The number of nitrogens with one attached hydrogen (secondary N) is 1. The molecule has 0 spiro atoms. The highest BCUT2D eigenvalue weighted by atomic mass is 19.4. The van der Waals surface area contributed by atoms with E-state index in [1.165, 1.54) is 18.2 Å². The molecule has 1 aromatic rings. The number of anilines is 1. The second-order valence-corrected chi connectivity index (χ2v) is 3.97. The standard InChI is InChI=1S/C13H16F3NO2/c1-2-3-8-19-12(18)9-17-11-7-5-4-6-10(11)13(14,15)16/h4-7,17H,2-3,8-9H2,1H3. The molecule has 19 heavy (non-hydrogen) atoms. The Morgan fingerprint density at radius 2 is 2.00 bits per heavy atom. The number of carbonyl (C=O) groups excluding carboxylic acids is 1. The smallest absolute Gasteiger partial charge is 0.418 e.